The van der Waals surface area contributed by atoms with Crippen LogP contribution in [0.4, 0.5) is 11.5 Å². The van der Waals surface area contributed by atoms with Crippen molar-refractivity contribution >= 4 is 17.4 Å². The van der Waals surface area contributed by atoms with E-state index in [1.807, 2.05) is 13.8 Å². The van der Waals surface area contributed by atoms with Crippen LogP contribution in [0.2, 0.25) is 0 Å². The Balaban J connectivity index is 2.70. The van der Waals surface area contributed by atoms with Crippen LogP contribution in [0.15, 0.2) is 0 Å². The standard InChI is InChI=1S/C9H16N4O/c1-4-5(2)9(14)11-8-7(10)6(3)12-13-8/h5H,4,10H2,1-3H3,(H2,11,12,13,14). The lowest BCUT2D eigenvalue weighted by molar-refractivity contribution is -0.119. The number of carbonyl (C=O) groups excluding carboxylic acids is 1. The molecule has 1 aromatic rings. The highest BCUT2D eigenvalue weighted by atomic mass is 16.1. The van der Waals surface area contributed by atoms with Crippen LogP contribution in [-0.2, 0) is 4.79 Å². The number of amides is 1. The summed E-state index contributed by atoms with van der Waals surface area (Å²) in [7, 11) is 0. The molecule has 0 saturated carbocycles. The number of rotatable bonds is 3. The zero-order chi connectivity index (χ0) is 10.7. The lowest BCUT2D eigenvalue weighted by atomic mass is 10.1. The lowest BCUT2D eigenvalue weighted by Crippen LogP contribution is -2.20. The summed E-state index contributed by atoms with van der Waals surface area (Å²) in [6.07, 6.45) is 0.801. The van der Waals surface area contributed by atoms with Crippen molar-refractivity contribution < 1.29 is 4.79 Å². The number of aromatic nitrogens is 2. The number of aromatic amines is 1. The molecule has 0 aromatic carbocycles. The van der Waals surface area contributed by atoms with Crippen molar-refractivity contribution in [2.75, 3.05) is 11.1 Å². The molecule has 1 amide bonds. The maximum absolute atomic E-state index is 11.5. The van der Waals surface area contributed by atoms with Gasteiger partial charge >= 0.3 is 0 Å². The Morgan fingerprint density at radius 1 is 1.71 bits per heavy atom. The van der Waals surface area contributed by atoms with Gasteiger partial charge in [-0.1, -0.05) is 13.8 Å². The third-order valence-corrected chi connectivity index (χ3v) is 2.30. The maximum atomic E-state index is 11.5. The first kappa shape index (κ1) is 10.6. The third kappa shape index (κ3) is 2.04. The molecule has 1 heterocycles. The molecule has 1 rings (SSSR count). The van der Waals surface area contributed by atoms with Crippen LogP contribution < -0.4 is 11.1 Å². The van der Waals surface area contributed by atoms with E-state index < -0.39 is 0 Å². The third-order valence-electron chi connectivity index (χ3n) is 2.30. The van der Waals surface area contributed by atoms with Gasteiger partial charge in [-0.3, -0.25) is 9.89 Å². The van der Waals surface area contributed by atoms with Crippen LogP contribution in [0.1, 0.15) is 26.0 Å². The molecular formula is C9H16N4O. The van der Waals surface area contributed by atoms with Crippen molar-refractivity contribution in [3.63, 3.8) is 0 Å². The highest BCUT2D eigenvalue weighted by Gasteiger charge is 2.14. The van der Waals surface area contributed by atoms with Crippen molar-refractivity contribution in [3.8, 4) is 0 Å². The van der Waals surface area contributed by atoms with Crippen LogP contribution in [0.25, 0.3) is 0 Å². The Labute approximate surface area is 83.1 Å². The quantitative estimate of drug-likeness (QED) is 0.681. The van der Waals surface area contributed by atoms with Crippen LogP contribution >= 0.6 is 0 Å². The van der Waals surface area contributed by atoms with Crippen molar-refractivity contribution in [1.29, 1.82) is 0 Å². The van der Waals surface area contributed by atoms with Gasteiger partial charge in [0.05, 0.1) is 11.4 Å². The molecule has 0 radical (unpaired) electrons. The fourth-order valence-electron chi connectivity index (χ4n) is 0.958. The molecule has 0 bridgehead atoms. The van der Waals surface area contributed by atoms with Gasteiger partial charge in [0.25, 0.3) is 0 Å². The van der Waals surface area contributed by atoms with E-state index in [1.165, 1.54) is 0 Å². The zero-order valence-corrected chi connectivity index (χ0v) is 8.72. The molecule has 1 aromatic heterocycles. The normalized spacial score (nSPS) is 12.5. The van der Waals surface area contributed by atoms with E-state index in [9.17, 15) is 4.79 Å². The van der Waals surface area contributed by atoms with Gasteiger partial charge in [0.15, 0.2) is 5.82 Å². The molecule has 0 aliphatic heterocycles. The molecule has 0 spiro atoms. The molecule has 0 fully saturated rings. The molecule has 1 atom stereocenters. The summed E-state index contributed by atoms with van der Waals surface area (Å²) in [4.78, 5) is 11.5. The summed E-state index contributed by atoms with van der Waals surface area (Å²) in [5, 5.41) is 9.27. The van der Waals surface area contributed by atoms with E-state index in [0.717, 1.165) is 12.1 Å². The fourth-order valence-corrected chi connectivity index (χ4v) is 0.958. The van der Waals surface area contributed by atoms with E-state index in [-0.39, 0.29) is 11.8 Å². The predicted octanol–water partition coefficient (Wildman–Crippen LogP) is 1.28. The number of carbonyl (C=O) groups is 1. The van der Waals surface area contributed by atoms with Crippen LogP contribution in [0, 0.1) is 12.8 Å². The molecule has 0 aliphatic rings. The minimum atomic E-state index is -0.0503. The van der Waals surface area contributed by atoms with Crippen LogP contribution in [0.5, 0.6) is 0 Å². The van der Waals surface area contributed by atoms with Crippen molar-refractivity contribution in [1.82, 2.24) is 10.2 Å². The molecule has 0 saturated heterocycles. The average Bonchev–Trinajstić information content (AvgIpc) is 2.48. The second kappa shape index (κ2) is 4.13. The molecule has 5 heteroatoms. The Kier molecular flexibility index (Phi) is 3.11. The van der Waals surface area contributed by atoms with E-state index >= 15 is 0 Å². The monoisotopic (exact) mass is 196 g/mol. The van der Waals surface area contributed by atoms with E-state index in [4.69, 9.17) is 5.73 Å². The number of hydrogen-bond donors (Lipinski definition) is 3. The molecule has 78 valence electrons. The summed E-state index contributed by atoms with van der Waals surface area (Å²) in [5.74, 6) is 0.352. The number of hydrogen-bond acceptors (Lipinski definition) is 3. The smallest absolute Gasteiger partial charge is 0.228 e. The minimum absolute atomic E-state index is 0.0218. The summed E-state index contributed by atoms with van der Waals surface area (Å²) in [6, 6.07) is 0. The molecule has 4 N–H and O–H groups in total. The topological polar surface area (TPSA) is 83.8 Å². The number of nitrogens with two attached hydrogens (primary N) is 1. The number of nitrogens with one attached hydrogen (secondary N) is 2. The highest BCUT2D eigenvalue weighted by molar-refractivity contribution is 5.94. The Bertz CT molecular complexity index is 332. The number of nitrogen functional groups attached to an aromatic ring is 1. The van der Waals surface area contributed by atoms with Gasteiger partial charge < -0.3 is 11.1 Å². The average molecular weight is 196 g/mol. The first-order chi connectivity index (χ1) is 6.56. The Hall–Kier alpha value is -1.52. The lowest BCUT2D eigenvalue weighted by Gasteiger charge is -2.07. The summed E-state index contributed by atoms with van der Waals surface area (Å²) < 4.78 is 0. The SMILES string of the molecule is CCC(C)C(=O)Nc1n[nH]c(C)c1N. The number of H-pyrrole nitrogens is 1. The fraction of sp³-hybridized carbons (Fsp3) is 0.556. The molecular weight excluding hydrogens is 180 g/mol. The second-order valence-corrected chi connectivity index (χ2v) is 3.41. The van der Waals surface area contributed by atoms with Gasteiger partial charge in [0, 0.05) is 5.92 Å². The molecule has 14 heavy (non-hydrogen) atoms. The summed E-state index contributed by atoms with van der Waals surface area (Å²) in [5.41, 5.74) is 6.95. The van der Waals surface area contributed by atoms with Gasteiger partial charge in [-0.05, 0) is 13.3 Å². The van der Waals surface area contributed by atoms with Gasteiger partial charge in [-0.2, -0.15) is 5.10 Å². The van der Waals surface area contributed by atoms with Gasteiger partial charge in [0.1, 0.15) is 0 Å². The number of nitrogens with zero attached hydrogens (tertiary/aromatic N) is 1. The second-order valence-electron chi connectivity index (χ2n) is 3.41. The van der Waals surface area contributed by atoms with Crippen molar-refractivity contribution in [3.05, 3.63) is 5.69 Å². The summed E-state index contributed by atoms with van der Waals surface area (Å²) >= 11 is 0. The van der Waals surface area contributed by atoms with E-state index in [1.54, 1.807) is 6.92 Å². The van der Waals surface area contributed by atoms with Crippen LogP contribution in [-0.4, -0.2) is 16.1 Å². The van der Waals surface area contributed by atoms with Gasteiger partial charge in [-0.25, -0.2) is 0 Å². The predicted molar refractivity (Wildman–Crippen MR) is 55.8 cm³/mol. The first-order valence-corrected chi connectivity index (χ1v) is 4.67. The Morgan fingerprint density at radius 2 is 2.36 bits per heavy atom. The number of anilines is 2. The van der Waals surface area contributed by atoms with Gasteiger partial charge in [0.2, 0.25) is 5.91 Å². The van der Waals surface area contributed by atoms with Crippen LogP contribution in [0.3, 0.4) is 0 Å². The van der Waals surface area contributed by atoms with Gasteiger partial charge in [-0.15, -0.1) is 0 Å². The largest absolute Gasteiger partial charge is 0.394 e. The zero-order valence-electron chi connectivity index (χ0n) is 8.72. The summed E-state index contributed by atoms with van der Waals surface area (Å²) in [6.45, 7) is 5.63. The van der Waals surface area contributed by atoms with Crippen molar-refractivity contribution in [2.24, 2.45) is 5.92 Å². The molecule has 5 nitrogen and oxygen atoms in total. The Morgan fingerprint density at radius 3 is 2.79 bits per heavy atom. The molecule has 0 aliphatic carbocycles. The van der Waals surface area contributed by atoms with E-state index in [0.29, 0.717) is 11.5 Å². The highest BCUT2D eigenvalue weighted by Crippen LogP contribution is 2.18. The van der Waals surface area contributed by atoms with E-state index in [2.05, 4.69) is 15.5 Å². The first-order valence-electron chi connectivity index (χ1n) is 4.67. The molecule has 1 unspecified atom stereocenters. The maximum Gasteiger partial charge on any atom is 0.228 e. The van der Waals surface area contributed by atoms with Crippen molar-refractivity contribution in [2.45, 2.75) is 27.2 Å². The minimum Gasteiger partial charge on any atom is -0.394 e. The number of aryl methyl sites for hydroxylation is 1.